The van der Waals surface area contributed by atoms with Gasteiger partial charge in [-0.2, -0.15) is 22.7 Å². The highest BCUT2D eigenvalue weighted by Crippen LogP contribution is 2.19. The molecular weight excluding hydrogens is 254 g/mol. The molecule has 0 saturated heterocycles. The molecule has 1 unspecified atom stereocenters. The zero-order valence-electron chi connectivity index (χ0n) is 10.4. The van der Waals surface area contributed by atoms with E-state index >= 15 is 0 Å². The van der Waals surface area contributed by atoms with E-state index in [1.54, 1.807) is 24.3 Å². The van der Waals surface area contributed by atoms with Crippen LogP contribution < -0.4 is 9.46 Å². The van der Waals surface area contributed by atoms with Crippen molar-refractivity contribution in [1.29, 1.82) is 5.26 Å². The van der Waals surface area contributed by atoms with Gasteiger partial charge in [-0.1, -0.05) is 12.1 Å². The lowest BCUT2D eigenvalue weighted by molar-refractivity contribution is 0.414. The SMILES string of the molecule is COc1cccc(C(C#N)NS(=O)(=O)N(C)C)c1. The van der Waals surface area contributed by atoms with Crippen molar-refractivity contribution in [2.24, 2.45) is 0 Å². The number of ether oxygens (including phenoxy) is 1. The molecule has 0 amide bonds. The molecular formula is C11H15N3O3S. The fourth-order valence-electron chi connectivity index (χ4n) is 1.24. The van der Waals surface area contributed by atoms with E-state index in [0.717, 1.165) is 4.31 Å². The summed E-state index contributed by atoms with van der Waals surface area (Å²) < 4.78 is 31.7. The maximum Gasteiger partial charge on any atom is 0.280 e. The van der Waals surface area contributed by atoms with Crippen molar-refractivity contribution >= 4 is 10.2 Å². The van der Waals surface area contributed by atoms with E-state index < -0.39 is 16.3 Å². The first-order valence-electron chi connectivity index (χ1n) is 5.14. The van der Waals surface area contributed by atoms with Crippen LogP contribution in [0.3, 0.4) is 0 Å². The molecule has 6 nitrogen and oxygen atoms in total. The largest absolute Gasteiger partial charge is 0.497 e. The number of hydrogen-bond donors (Lipinski definition) is 1. The Hall–Kier alpha value is -1.62. The molecule has 98 valence electrons. The van der Waals surface area contributed by atoms with Crippen LogP contribution in [0.25, 0.3) is 0 Å². The normalized spacial score (nSPS) is 13.1. The van der Waals surface area contributed by atoms with E-state index in [4.69, 9.17) is 10.00 Å². The molecule has 7 heteroatoms. The van der Waals surface area contributed by atoms with E-state index in [0.29, 0.717) is 11.3 Å². The molecule has 0 aliphatic heterocycles. The van der Waals surface area contributed by atoms with E-state index in [-0.39, 0.29) is 0 Å². The van der Waals surface area contributed by atoms with Crippen molar-refractivity contribution in [3.63, 3.8) is 0 Å². The van der Waals surface area contributed by atoms with Gasteiger partial charge in [0.2, 0.25) is 0 Å². The average Bonchev–Trinajstić information content (AvgIpc) is 2.35. The van der Waals surface area contributed by atoms with Crippen LogP contribution >= 0.6 is 0 Å². The summed E-state index contributed by atoms with van der Waals surface area (Å²) in [7, 11) is 0.630. The van der Waals surface area contributed by atoms with Gasteiger partial charge < -0.3 is 4.74 Å². The van der Waals surface area contributed by atoms with Crippen LogP contribution in [0.4, 0.5) is 0 Å². The van der Waals surface area contributed by atoms with Crippen molar-refractivity contribution in [2.75, 3.05) is 21.2 Å². The van der Waals surface area contributed by atoms with Crippen LogP contribution in [0.15, 0.2) is 24.3 Å². The average molecular weight is 269 g/mol. The molecule has 1 aromatic rings. The van der Waals surface area contributed by atoms with Gasteiger partial charge in [0, 0.05) is 14.1 Å². The van der Waals surface area contributed by atoms with Crippen molar-refractivity contribution in [3.8, 4) is 11.8 Å². The van der Waals surface area contributed by atoms with Crippen LogP contribution in [-0.4, -0.2) is 33.9 Å². The second-order valence-electron chi connectivity index (χ2n) is 3.74. The highest BCUT2D eigenvalue weighted by molar-refractivity contribution is 7.87. The van der Waals surface area contributed by atoms with Crippen molar-refractivity contribution < 1.29 is 13.2 Å². The minimum Gasteiger partial charge on any atom is -0.497 e. The third kappa shape index (κ3) is 3.43. The fourth-order valence-corrected chi connectivity index (χ4v) is 1.94. The van der Waals surface area contributed by atoms with Crippen LogP contribution in [0.5, 0.6) is 5.75 Å². The number of nitrogens with zero attached hydrogens (tertiary/aromatic N) is 2. The van der Waals surface area contributed by atoms with Gasteiger partial charge in [0.15, 0.2) is 0 Å². The summed E-state index contributed by atoms with van der Waals surface area (Å²) in [6.07, 6.45) is 0. The molecule has 1 aromatic carbocycles. The van der Waals surface area contributed by atoms with E-state index in [1.807, 2.05) is 6.07 Å². The topological polar surface area (TPSA) is 82.4 Å². The highest BCUT2D eigenvalue weighted by Gasteiger charge is 2.21. The Kier molecular flexibility index (Phi) is 4.67. The molecule has 0 aliphatic carbocycles. The number of hydrogen-bond acceptors (Lipinski definition) is 4. The second kappa shape index (κ2) is 5.82. The lowest BCUT2D eigenvalue weighted by atomic mass is 10.1. The number of benzene rings is 1. The van der Waals surface area contributed by atoms with Crippen molar-refractivity contribution in [1.82, 2.24) is 9.03 Å². The second-order valence-corrected chi connectivity index (χ2v) is 5.66. The Balaban J connectivity index is 3.01. The molecule has 0 aromatic heterocycles. The Morgan fingerprint density at radius 2 is 2.11 bits per heavy atom. The van der Waals surface area contributed by atoms with Gasteiger partial charge in [-0.25, -0.2) is 0 Å². The number of nitrogens with one attached hydrogen (secondary N) is 1. The molecule has 0 radical (unpaired) electrons. The standard InChI is InChI=1S/C11H15N3O3S/c1-14(2)18(15,16)13-11(8-12)9-5-4-6-10(7-9)17-3/h4-7,11,13H,1-3H3. The fraction of sp³-hybridized carbons (Fsp3) is 0.364. The number of nitriles is 1. The van der Waals surface area contributed by atoms with E-state index in [9.17, 15) is 8.42 Å². The van der Waals surface area contributed by atoms with Gasteiger partial charge in [-0.15, -0.1) is 0 Å². The predicted octanol–water partition coefficient (Wildman–Crippen LogP) is 0.656. The molecule has 0 fully saturated rings. The summed E-state index contributed by atoms with van der Waals surface area (Å²) >= 11 is 0. The maximum atomic E-state index is 11.7. The first-order chi connectivity index (χ1) is 8.40. The van der Waals surface area contributed by atoms with Crippen molar-refractivity contribution in [2.45, 2.75) is 6.04 Å². The van der Waals surface area contributed by atoms with Crippen LogP contribution in [0, 0.1) is 11.3 Å². The minimum atomic E-state index is -3.66. The van der Waals surface area contributed by atoms with Crippen LogP contribution in [0.2, 0.25) is 0 Å². The van der Waals surface area contributed by atoms with E-state index in [2.05, 4.69) is 4.72 Å². The predicted molar refractivity (Wildman–Crippen MR) is 67.1 cm³/mol. The molecule has 1 N–H and O–H groups in total. The Bertz CT molecular complexity index is 549. The Morgan fingerprint density at radius 1 is 1.44 bits per heavy atom. The van der Waals surface area contributed by atoms with Gasteiger partial charge in [0.05, 0.1) is 13.2 Å². The molecule has 1 rings (SSSR count). The third-order valence-corrected chi connectivity index (χ3v) is 3.80. The quantitative estimate of drug-likeness (QED) is 0.851. The van der Waals surface area contributed by atoms with Crippen LogP contribution in [-0.2, 0) is 10.2 Å². The van der Waals surface area contributed by atoms with Crippen LogP contribution in [0.1, 0.15) is 11.6 Å². The summed E-state index contributed by atoms with van der Waals surface area (Å²) in [6.45, 7) is 0. The molecule has 0 heterocycles. The Morgan fingerprint density at radius 3 is 2.61 bits per heavy atom. The molecule has 0 spiro atoms. The number of rotatable bonds is 5. The summed E-state index contributed by atoms with van der Waals surface area (Å²) in [4.78, 5) is 0. The summed E-state index contributed by atoms with van der Waals surface area (Å²) in [5.41, 5.74) is 0.530. The lowest BCUT2D eigenvalue weighted by Crippen LogP contribution is -2.37. The van der Waals surface area contributed by atoms with Gasteiger partial charge >= 0.3 is 0 Å². The zero-order valence-corrected chi connectivity index (χ0v) is 11.2. The number of methoxy groups -OCH3 is 1. The monoisotopic (exact) mass is 269 g/mol. The van der Waals surface area contributed by atoms with Crippen molar-refractivity contribution in [3.05, 3.63) is 29.8 Å². The first-order valence-corrected chi connectivity index (χ1v) is 6.58. The Labute approximate surface area is 107 Å². The van der Waals surface area contributed by atoms with Gasteiger partial charge in [0.25, 0.3) is 10.2 Å². The first kappa shape index (κ1) is 14.4. The smallest absolute Gasteiger partial charge is 0.280 e. The summed E-state index contributed by atoms with van der Waals surface area (Å²) in [5, 5.41) is 9.05. The molecule has 0 saturated carbocycles. The summed E-state index contributed by atoms with van der Waals surface area (Å²) in [5.74, 6) is 0.566. The molecule has 1 atom stereocenters. The molecule has 18 heavy (non-hydrogen) atoms. The highest BCUT2D eigenvalue weighted by atomic mass is 32.2. The zero-order chi connectivity index (χ0) is 13.8. The van der Waals surface area contributed by atoms with E-state index in [1.165, 1.54) is 21.2 Å². The van der Waals surface area contributed by atoms with Gasteiger partial charge in [-0.05, 0) is 17.7 Å². The summed E-state index contributed by atoms with van der Waals surface area (Å²) in [6, 6.07) is 7.65. The maximum absolute atomic E-state index is 11.7. The van der Waals surface area contributed by atoms with Gasteiger partial charge in [-0.3, -0.25) is 0 Å². The third-order valence-electron chi connectivity index (χ3n) is 2.30. The molecule has 0 bridgehead atoms. The molecule has 0 aliphatic rings. The lowest BCUT2D eigenvalue weighted by Gasteiger charge is -2.16. The minimum absolute atomic E-state index is 0.530. The van der Waals surface area contributed by atoms with Gasteiger partial charge in [0.1, 0.15) is 11.8 Å².